The molecule has 0 spiro atoms. The number of alkyl halides is 3. The predicted octanol–water partition coefficient (Wildman–Crippen LogP) is 6.63. The molecular weight excluding hydrogens is 479 g/mol. The Bertz CT molecular complexity index is 1200. The van der Waals surface area contributed by atoms with Crippen molar-refractivity contribution in [2.24, 2.45) is 0 Å². The molecule has 0 fully saturated rings. The van der Waals surface area contributed by atoms with Gasteiger partial charge in [0.15, 0.2) is 12.4 Å². The molecule has 3 rings (SSSR count). The Hall–Kier alpha value is -3.20. The van der Waals surface area contributed by atoms with Crippen molar-refractivity contribution in [3.05, 3.63) is 69.7 Å². The number of aryl methyl sites for hydroxylation is 2. The number of esters is 1. The minimum absolute atomic E-state index is 0.0493. The molecule has 0 aliphatic carbocycles. The number of carbonyl (C=O) groups excluding carboxylic acids is 2. The van der Waals surface area contributed by atoms with Crippen molar-refractivity contribution in [3.8, 4) is 16.3 Å². The summed E-state index contributed by atoms with van der Waals surface area (Å²) in [6, 6.07) is 9.98. The Morgan fingerprint density at radius 3 is 2.34 bits per heavy atom. The molecule has 0 aliphatic heterocycles. The van der Waals surface area contributed by atoms with E-state index in [1.165, 1.54) is 30.6 Å². The van der Waals surface area contributed by atoms with Crippen molar-refractivity contribution in [2.75, 3.05) is 13.7 Å². The van der Waals surface area contributed by atoms with Crippen LogP contribution in [0.15, 0.2) is 42.5 Å². The van der Waals surface area contributed by atoms with Crippen molar-refractivity contribution in [1.29, 1.82) is 0 Å². The minimum atomic E-state index is -4.39. The highest BCUT2D eigenvalue weighted by atomic mass is 32.1. The van der Waals surface area contributed by atoms with Crippen LogP contribution in [0.25, 0.3) is 10.6 Å². The monoisotopic (exact) mass is 505 g/mol. The molecule has 0 unspecified atom stereocenters. The van der Waals surface area contributed by atoms with Crippen LogP contribution in [0.5, 0.6) is 5.75 Å². The zero-order chi connectivity index (χ0) is 25.8. The summed E-state index contributed by atoms with van der Waals surface area (Å²) in [5.41, 5.74) is 2.02. The number of ether oxygens (including phenoxy) is 2. The molecule has 0 aliphatic rings. The molecule has 3 aromatic rings. The van der Waals surface area contributed by atoms with Gasteiger partial charge in [-0.2, -0.15) is 13.2 Å². The van der Waals surface area contributed by atoms with Crippen LogP contribution < -0.4 is 4.74 Å². The smallest absolute Gasteiger partial charge is 0.416 e. The van der Waals surface area contributed by atoms with Gasteiger partial charge < -0.3 is 9.47 Å². The summed E-state index contributed by atoms with van der Waals surface area (Å²) in [6.45, 7) is 5.57. The highest BCUT2D eigenvalue weighted by Crippen LogP contribution is 2.35. The molecule has 1 aromatic heterocycles. The maximum absolute atomic E-state index is 12.9. The highest BCUT2D eigenvalue weighted by Gasteiger charge is 2.30. The number of benzene rings is 2. The van der Waals surface area contributed by atoms with E-state index in [9.17, 15) is 22.8 Å². The van der Waals surface area contributed by atoms with Gasteiger partial charge in [0.25, 0.3) is 0 Å². The quantitative estimate of drug-likeness (QED) is 0.241. The maximum Gasteiger partial charge on any atom is 0.416 e. The number of Topliss-reactive ketones (excluding diaryl/α,β-unsaturated/α-hetero) is 1. The number of thiazole rings is 1. The largest absolute Gasteiger partial charge is 0.482 e. The van der Waals surface area contributed by atoms with Crippen LogP contribution in [-0.4, -0.2) is 30.5 Å². The fourth-order valence-corrected chi connectivity index (χ4v) is 4.69. The van der Waals surface area contributed by atoms with E-state index < -0.39 is 17.7 Å². The lowest BCUT2D eigenvalue weighted by molar-refractivity contribution is -0.143. The molecule has 0 saturated carbocycles. The Morgan fingerprint density at radius 2 is 1.77 bits per heavy atom. The molecule has 2 aromatic carbocycles. The maximum atomic E-state index is 12.9. The number of hydrogen-bond acceptors (Lipinski definition) is 6. The van der Waals surface area contributed by atoms with Gasteiger partial charge in [0, 0.05) is 22.4 Å². The number of methoxy groups -OCH3 is 1. The van der Waals surface area contributed by atoms with E-state index in [4.69, 9.17) is 4.74 Å². The molecular formula is C26H26F3NO4S. The molecule has 35 heavy (non-hydrogen) atoms. The van der Waals surface area contributed by atoms with Gasteiger partial charge in [-0.1, -0.05) is 26.0 Å². The van der Waals surface area contributed by atoms with E-state index in [-0.39, 0.29) is 24.7 Å². The summed E-state index contributed by atoms with van der Waals surface area (Å²) < 4.78 is 48.6. The molecule has 9 heteroatoms. The third-order valence-corrected chi connectivity index (χ3v) is 6.56. The summed E-state index contributed by atoms with van der Waals surface area (Å²) in [4.78, 5) is 29.7. The molecule has 0 atom stereocenters. The third-order valence-electron chi connectivity index (χ3n) is 5.38. The second-order valence-corrected chi connectivity index (χ2v) is 9.41. The number of carbonyl (C=O) groups is 2. The molecule has 1 heterocycles. The van der Waals surface area contributed by atoms with Crippen LogP contribution in [0.3, 0.4) is 0 Å². The van der Waals surface area contributed by atoms with Crippen LogP contribution in [0, 0.1) is 6.92 Å². The fraction of sp³-hybridized carbons (Fsp3) is 0.346. The van der Waals surface area contributed by atoms with E-state index in [1.54, 1.807) is 25.1 Å². The highest BCUT2D eigenvalue weighted by molar-refractivity contribution is 7.15. The zero-order valence-corrected chi connectivity index (χ0v) is 20.7. The van der Waals surface area contributed by atoms with E-state index in [1.807, 2.05) is 13.8 Å². The van der Waals surface area contributed by atoms with Gasteiger partial charge in [-0.15, -0.1) is 11.3 Å². The minimum Gasteiger partial charge on any atom is -0.482 e. The lowest BCUT2D eigenvalue weighted by Crippen LogP contribution is -2.13. The molecule has 0 N–H and O–H groups in total. The van der Waals surface area contributed by atoms with Crippen LogP contribution in [0.4, 0.5) is 13.2 Å². The van der Waals surface area contributed by atoms with Crippen LogP contribution in [-0.2, 0) is 22.1 Å². The second kappa shape index (κ2) is 11.0. The van der Waals surface area contributed by atoms with Crippen molar-refractivity contribution < 1.29 is 32.2 Å². The van der Waals surface area contributed by atoms with Gasteiger partial charge in [0.2, 0.25) is 0 Å². The fourth-order valence-electron chi connectivity index (χ4n) is 3.47. The predicted molar refractivity (Wildman–Crippen MR) is 128 cm³/mol. The van der Waals surface area contributed by atoms with Gasteiger partial charge in [-0.25, -0.2) is 9.78 Å². The lowest BCUT2D eigenvalue weighted by Gasteiger charge is -2.10. The molecule has 0 radical (unpaired) electrons. The van der Waals surface area contributed by atoms with Crippen LogP contribution in [0.2, 0.25) is 0 Å². The van der Waals surface area contributed by atoms with Gasteiger partial charge in [0.1, 0.15) is 10.8 Å². The lowest BCUT2D eigenvalue weighted by atomic mass is 10.0. The number of ketones is 1. The third kappa shape index (κ3) is 6.69. The molecule has 0 saturated heterocycles. The van der Waals surface area contributed by atoms with Gasteiger partial charge in [-0.05, 0) is 55.2 Å². The first-order valence-electron chi connectivity index (χ1n) is 11.0. The van der Waals surface area contributed by atoms with Crippen LogP contribution in [0.1, 0.15) is 58.2 Å². The SMILES string of the molecule is COC(=O)COc1ccc(C(=O)CCc2sc(-c3ccc(C(F)(F)F)cc3)nc2C(C)C)cc1C. The molecule has 0 bridgehead atoms. The Kier molecular flexibility index (Phi) is 8.32. The Balaban J connectivity index is 1.72. The van der Waals surface area contributed by atoms with E-state index in [0.29, 0.717) is 28.3 Å². The average molecular weight is 506 g/mol. The van der Waals surface area contributed by atoms with Crippen molar-refractivity contribution in [2.45, 2.75) is 45.7 Å². The van der Waals surface area contributed by atoms with E-state index >= 15 is 0 Å². The van der Waals surface area contributed by atoms with E-state index in [2.05, 4.69) is 9.72 Å². The summed E-state index contributed by atoms with van der Waals surface area (Å²) in [7, 11) is 1.28. The summed E-state index contributed by atoms with van der Waals surface area (Å²) in [6.07, 6.45) is -3.65. The molecule has 5 nitrogen and oxygen atoms in total. The van der Waals surface area contributed by atoms with Gasteiger partial charge >= 0.3 is 12.1 Å². The van der Waals surface area contributed by atoms with Crippen molar-refractivity contribution in [3.63, 3.8) is 0 Å². The van der Waals surface area contributed by atoms with E-state index in [0.717, 1.165) is 28.3 Å². The first kappa shape index (κ1) is 26.4. The normalized spacial score (nSPS) is 11.5. The Morgan fingerprint density at radius 1 is 1.09 bits per heavy atom. The first-order valence-corrected chi connectivity index (χ1v) is 11.8. The topological polar surface area (TPSA) is 65.5 Å². The second-order valence-electron chi connectivity index (χ2n) is 8.33. The van der Waals surface area contributed by atoms with Crippen molar-refractivity contribution in [1.82, 2.24) is 4.98 Å². The molecule has 186 valence electrons. The number of rotatable bonds is 9. The number of aromatic nitrogens is 1. The average Bonchev–Trinajstić information content (AvgIpc) is 3.25. The number of nitrogens with zero attached hydrogens (tertiary/aromatic N) is 1. The number of hydrogen-bond donors (Lipinski definition) is 0. The number of halogens is 3. The molecule has 0 amide bonds. The first-order chi connectivity index (χ1) is 16.5. The standard InChI is InChI=1S/C26H26F3NO4S/c1-15(2)24-22(35-25(30-24)17-5-8-19(9-6-17)26(27,28)29)12-10-20(31)18-7-11-21(16(3)13-18)34-14-23(32)33-4/h5-9,11,13,15H,10,12,14H2,1-4H3. The van der Waals surface area contributed by atoms with Gasteiger partial charge in [0.05, 0.1) is 18.4 Å². The van der Waals surface area contributed by atoms with Crippen molar-refractivity contribution >= 4 is 23.1 Å². The Labute approximate surface area is 205 Å². The summed E-state index contributed by atoms with van der Waals surface area (Å²) >= 11 is 1.40. The summed E-state index contributed by atoms with van der Waals surface area (Å²) in [5.74, 6) is 0.0586. The van der Waals surface area contributed by atoms with Gasteiger partial charge in [-0.3, -0.25) is 4.79 Å². The zero-order valence-electron chi connectivity index (χ0n) is 19.9. The summed E-state index contributed by atoms with van der Waals surface area (Å²) in [5, 5.41) is 0.632. The van der Waals surface area contributed by atoms with Crippen LogP contribution >= 0.6 is 11.3 Å².